The summed E-state index contributed by atoms with van der Waals surface area (Å²) in [6.45, 7) is 0. The Morgan fingerprint density at radius 3 is 0.806 bits per heavy atom. The van der Waals surface area contributed by atoms with Crippen LogP contribution in [0.25, 0.3) is 84.3 Å². The Labute approximate surface area is 411 Å². The standard InChI is InChI=1S/C57H36Br3N7/c58-40-19-31-46(32-20-40)65-52-10-4-1-7-49(52)61-55(65)37-13-25-43(26-14-37)64(44-27-15-38(16-28-44)56-62-50-8-2-5-11-53(50)66(56)47-33-21-41(59)22-34-47)45-29-17-39(18-30-45)57-63-51-9-3-6-12-54(51)67(57)48-35-23-42(60)24-36-48/h1-36H. The second-order valence-electron chi connectivity index (χ2n) is 16.2. The fourth-order valence-corrected chi connectivity index (χ4v) is 9.73. The third-order valence-corrected chi connectivity index (χ3v) is 13.7. The summed E-state index contributed by atoms with van der Waals surface area (Å²) in [7, 11) is 0. The third kappa shape index (κ3) is 7.57. The van der Waals surface area contributed by atoms with Gasteiger partial charge < -0.3 is 4.90 Å². The summed E-state index contributed by atoms with van der Waals surface area (Å²) in [5.41, 5.74) is 15.1. The molecule has 3 aromatic heterocycles. The molecule has 0 unspecified atom stereocenters. The van der Waals surface area contributed by atoms with Gasteiger partial charge >= 0.3 is 0 Å². The van der Waals surface area contributed by atoms with Crippen LogP contribution in [0.4, 0.5) is 17.1 Å². The Kier molecular flexibility index (Phi) is 10.5. The van der Waals surface area contributed by atoms with E-state index >= 15 is 0 Å². The molecule has 9 aromatic carbocycles. The first kappa shape index (κ1) is 41.1. The number of benzene rings is 9. The van der Waals surface area contributed by atoms with Crippen LogP contribution >= 0.6 is 47.8 Å². The van der Waals surface area contributed by atoms with Crippen molar-refractivity contribution in [3.63, 3.8) is 0 Å². The second-order valence-corrected chi connectivity index (χ2v) is 18.9. The van der Waals surface area contributed by atoms with Gasteiger partial charge in [0.25, 0.3) is 0 Å². The zero-order chi connectivity index (χ0) is 45.0. The molecule has 12 aromatic rings. The number of imidazole rings is 3. The van der Waals surface area contributed by atoms with E-state index in [4.69, 9.17) is 15.0 Å². The number of hydrogen-bond donors (Lipinski definition) is 0. The van der Waals surface area contributed by atoms with Crippen LogP contribution in [0.5, 0.6) is 0 Å². The molecule has 0 aliphatic rings. The molecule has 67 heavy (non-hydrogen) atoms. The highest BCUT2D eigenvalue weighted by atomic mass is 79.9. The van der Waals surface area contributed by atoms with E-state index in [9.17, 15) is 0 Å². The topological polar surface area (TPSA) is 56.7 Å². The van der Waals surface area contributed by atoms with Crippen molar-refractivity contribution < 1.29 is 0 Å². The van der Waals surface area contributed by atoms with E-state index < -0.39 is 0 Å². The smallest absolute Gasteiger partial charge is 0.145 e. The normalized spacial score (nSPS) is 11.5. The molecule has 0 bridgehead atoms. The molecule has 0 spiro atoms. The zero-order valence-corrected chi connectivity index (χ0v) is 40.3. The Bertz CT molecular complexity index is 3350. The Hall–Kier alpha value is -7.37. The van der Waals surface area contributed by atoms with Gasteiger partial charge in [0, 0.05) is 64.2 Å². The summed E-state index contributed by atoms with van der Waals surface area (Å²) in [6, 6.07) is 76.1. The lowest BCUT2D eigenvalue weighted by Gasteiger charge is -2.26. The third-order valence-electron chi connectivity index (χ3n) is 12.1. The van der Waals surface area contributed by atoms with Crippen LogP contribution in [-0.2, 0) is 0 Å². The van der Waals surface area contributed by atoms with Gasteiger partial charge in [0.15, 0.2) is 0 Å². The number of para-hydroxylation sites is 6. The SMILES string of the molecule is Brc1ccc(-n2c(-c3ccc(N(c4ccc(-c5nc6ccccc6n5-c5ccc(Br)cc5)cc4)c4ccc(-c5nc6ccccc6n5-c5ccc(Br)cc5)cc4)cc3)nc3ccccc32)cc1. The summed E-state index contributed by atoms with van der Waals surface area (Å²) < 4.78 is 9.78. The van der Waals surface area contributed by atoms with Crippen molar-refractivity contribution in [3.05, 3.63) is 232 Å². The Morgan fingerprint density at radius 1 is 0.284 bits per heavy atom. The molecule has 0 amide bonds. The summed E-state index contributed by atoms with van der Waals surface area (Å²) in [5.74, 6) is 2.62. The highest BCUT2D eigenvalue weighted by Crippen LogP contribution is 2.40. The minimum Gasteiger partial charge on any atom is -0.311 e. The second kappa shape index (κ2) is 17.1. The Morgan fingerprint density at radius 2 is 0.537 bits per heavy atom. The van der Waals surface area contributed by atoms with E-state index in [1.807, 2.05) is 18.2 Å². The molecule has 10 heteroatoms. The minimum absolute atomic E-state index is 0.873. The number of fused-ring (bicyclic) bond motifs is 3. The number of aromatic nitrogens is 6. The van der Waals surface area contributed by atoms with Crippen LogP contribution in [0.2, 0.25) is 0 Å². The maximum atomic E-state index is 5.16. The fourth-order valence-electron chi connectivity index (χ4n) is 8.94. The van der Waals surface area contributed by atoms with Crippen molar-refractivity contribution in [1.29, 1.82) is 0 Å². The average Bonchev–Trinajstić information content (AvgIpc) is 4.08. The molecular formula is C57H36Br3N7. The predicted octanol–water partition coefficient (Wildman–Crippen LogP) is 16.5. The molecule has 7 nitrogen and oxygen atoms in total. The predicted molar refractivity (Wildman–Crippen MR) is 284 cm³/mol. The molecule has 0 atom stereocenters. The van der Waals surface area contributed by atoms with Crippen molar-refractivity contribution in [2.24, 2.45) is 0 Å². The molecule has 320 valence electrons. The summed E-state index contributed by atoms with van der Waals surface area (Å²) in [4.78, 5) is 17.8. The van der Waals surface area contributed by atoms with Crippen molar-refractivity contribution in [3.8, 4) is 51.2 Å². The molecule has 0 radical (unpaired) electrons. The highest BCUT2D eigenvalue weighted by molar-refractivity contribution is 9.11. The number of hydrogen-bond acceptors (Lipinski definition) is 4. The zero-order valence-electron chi connectivity index (χ0n) is 35.5. The average molecular weight is 1060 g/mol. The molecule has 0 fully saturated rings. The van der Waals surface area contributed by atoms with Crippen LogP contribution in [0, 0.1) is 0 Å². The van der Waals surface area contributed by atoms with Crippen molar-refractivity contribution >= 4 is 98.0 Å². The Balaban J connectivity index is 0.972. The summed E-state index contributed by atoms with van der Waals surface area (Å²) >= 11 is 10.8. The number of halogens is 3. The maximum absolute atomic E-state index is 5.16. The molecule has 0 aliphatic carbocycles. The largest absolute Gasteiger partial charge is 0.311 e. The first-order valence-electron chi connectivity index (χ1n) is 21.8. The monoisotopic (exact) mass is 1060 g/mol. The number of nitrogens with zero attached hydrogens (tertiary/aromatic N) is 7. The molecule has 0 aliphatic heterocycles. The van der Waals surface area contributed by atoms with E-state index in [1.165, 1.54) is 0 Å². The van der Waals surface area contributed by atoms with Gasteiger partial charge in [-0.3, -0.25) is 13.7 Å². The van der Waals surface area contributed by atoms with E-state index in [1.54, 1.807) is 0 Å². The van der Waals surface area contributed by atoms with E-state index in [0.717, 1.165) is 115 Å². The number of anilines is 3. The van der Waals surface area contributed by atoms with Crippen LogP contribution in [0.1, 0.15) is 0 Å². The van der Waals surface area contributed by atoms with Crippen molar-refractivity contribution in [1.82, 2.24) is 28.7 Å². The lowest BCUT2D eigenvalue weighted by Crippen LogP contribution is -2.10. The van der Waals surface area contributed by atoms with Gasteiger partial charge in [-0.1, -0.05) is 84.2 Å². The van der Waals surface area contributed by atoms with Crippen molar-refractivity contribution in [2.45, 2.75) is 0 Å². The van der Waals surface area contributed by atoms with E-state index in [2.05, 4.69) is 267 Å². The molecule has 0 saturated heterocycles. The van der Waals surface area contributed by atoms with Gasteiger partial charge in [0.2, 0.25) is 0 Å². The molecular weight excluding hydrogens is 1020 g/mol. The fraction of sp³-hybridized carbons (Fsp3) is 0. The number of rotatable bonds is 9. The highest BCUT2D eigenvalue weighted by Gasteiger charge is 2.20. The van der Waals surface area contributed by atoms with E-state index in [0.29, 0.717) is 0 Å². The van der Waals surface area contributed by atoms with Crippen LogP contribution in [-0.4, -0.2) is 28.7 Å². The van der Waals surface area contributed by atoms with Crippen LogP contribution < -0.4 is 4.90 Å². The lowest BCUT2D eigenvalue weighted by atomic mass is 10.1. The first-order valence-corrected chi connectivity index (χ1v) is 24.1. The van der Waals surface area contributed by atoms with E-state index in [-0.39, 0.29) is 0 Å². The summed E-state index contributed by atoms with van der Waals surface area (Å²) in [6.07, 6.45) is 0. The lowest BCUT2D eigenvalue weighted by molar-refractivity contribution is 1.10. The van der Waals surface area contributed by atoms with Gasteiger partial charge in [-0.05, 0) is 182 Å². The van der Waals surface area contributed by atoms with Gasteiger partial charge in [0.1, 0.15) is 17.5 Å². The summed E-state index contributed by atoms with van der Waals surface area (Å²) in [5, 5.41) is 0. The van der Waals surface area contributed by atoms with Gasteiger partial charge in [-0.2, -0.15) is 0 Å². The quantitative estimate of drug-likeness (QED) is 0.145. The molecule has 3 heterocycles. The van der Waals surface area contributed by atoms with Crippen LogP contribution in [0.3, 0.4) is 0 Å². The first-order chi connectivity index (χ1) is 32.9. The van der Waals surface area contributed by atoms with Gasteiger partial charge in [-0.15, -0.1) is 0 Å². The maximum Gasteiger partial charge on any atom is 0.145 e. The molecule has 0 saturated carbocycles. The van der Waals surface area contributed by atoms with Gasteiger partial charge in [0.05, 0.1) is 33.1 Å². The molecule has 0 N–H and O–H groups in total. The van der Waals surface area contributed by atoms with Crippen molar-refractivity contribution in [2.75, 3.05) is 4.90 Å². The molecule has 12 rings (SSSR count). The van der Waals surface area contributed by atoms with Gasteiger partial charge in [-0.25, -0.2) is 15.0 Å². The van der Waals surface area contributed by atoms with Crippen LogP contribution in [0.15, 0.2) is 232 Å². The minimum atomic E-state index is 0.873.